The second-order valence-electron chi connectivity index (χ2n) is 6.37. The molecule has 0 bridgehead atoms. The number of aromatic nitrogens is 3. The summed E-state index contributed by atoms with van der Waals surface area (Å²) < 4.78 is 13.7. The largest absolute Gasteiger partial charge is 0.486 e. The molecule has 2 aromatic heterocycles. The molecule has 0 saturated heterocycles. The van der Waals surface area contributed by atoms with Gasteiger partial charge in [0.25, 0.3) is 5.91 Å². The number of benzene rings is 1. The van der Waals surface area contributed by atoms with Gasteiger partial charge >= 0.3 is 0 Å². The Kier molecular flexibility index (Phi) is 4.74. The van der Waals surface area contributed by atoms with E-state index < -0.39 is 0 Å². The zero-order valence-corrected chi connectivity index (χ0v) is 15.0. The van der Waals surface area contributed by atoms with Gasteiger partial charge in [0.15, 0.2) is 17.6 Å². The van der Waals surface area contributed by atoms with Crippen molar-refractivity contribution in [3.8, 4) is 11.5 Å². The predicted molar refractivity (Wildman–Crippen MR) is 98.5 cm³/mol. The lowest BCUT2D eigenvalue weighted by molar-refractivity contribution is 0.0436. The Bertz CT molecular complexity index is 926. The fraction of sp³-hybridized carbons (Fsp3) is 0.250. The Morgan fingerprint density at radius 2 is 1.96 bits per heavy atom. The lowest BCUT2D eigenvalue weighted by Crippen LogP contribution is -2.43. The van der Waals surface area contributed by atoms with E-state index in [-0.39, 0.29) is 12.0 Å². The van der Waals surface area contributed by atoms with Crippen molar-refractivity contribution in [3.05, 3.63) is 72.6 Å². The summed E-state index contributed by atoms with van der Waals surface area (Å²) in [6.45, 7) is 1.16. The van der Waals surface area contributed by atoms with Crippen molar-refractivity contribution in [2.75, 3.05) is 13.2 Å². The van der Waals surface area contributed by atoms with E-state index in [0.717, 1.165) is 11.6 Å². The number of imidazole rings is 1. The highest BCUT2D eigenvalue weighted by molar-refractivity contribution is 5.94. The van der Waals surface area contributed by atoms with Crippen molar-refractivity contribution in [1.82, 2.24) is 19.4 Å². The third-order valence-electron chi connectivity index (χ3n) is 4.46. The summed E-state index contributed by atoms with van der Waals surface area (Å²) >= 11 is 0. The molecule has 0 fully saturated rings. The lowest BCUT2D eigenvalue weighted by atomic mass is 10.2. The number of rotatable bonds is 5. The molecular formula is C20H20N4O3. The molecular weight excluding hydrogens is 344 g/mol. The molecule has 0 spiro atoms. The number of amides is 1. The molecule has 0 saturated carbocycles. The summed E-state index contributed by atoms with van der Waals surface area (Å²) in [5.74, 6) is 2.13. The van der Waals surface area contributed by atoms with E-state index >= 15 is 0 Å². The SMILES string of the molecule is Cn1ccnc1CN(C[C@H]1COc2ccccc2O1)C(=O)c1ccncc1. The number of ether oxygens (including phenoxy) is 2. The second-order valence-corrected chi connectivity index (χ2v) is 6.37. The van der Waals surface area contributed by atoms with Crippen LogP contribution in [0.1, 0.15) is 16.2 Å². The van der Waals surface area contributed by atoms with Gasteiger partial charge in [-0.1, -0.05) is 12.1 Å². The van der Waals surface area contributed by atoms with E-state index in [1.165, 1.54) is 0 Å². The molecule has 1 aliphatic rings. The second kappa shape index (κ2) is 7.49. The van der Waals surface area contributed by atoms with Crippen LogP contribution in [0, 0.1) is 0 Å². The number of aryl methyl sites for hydroxylation is 1. The summed E-state index contributed by atoms with van der Waals surface area (Å²) in [7, 11) is 1.91. The minimum Gasteiger partial charge on any atom is -0.486 e. The van der Waals surface area contributed by atoms with Crippen molar-refractivity contribution in [1.29, 1.82) is 0 Å². The summed E-state index contributed by atoms with van der Waals surface area (Å²) in [4.78, 5) is 23.1. The maximum absolute atomic E-state index is 13.1. The van der Waals surface area contributed by atoms with E-state index in [2.05, 4.69) is 9.97 Å². The van der Waals surface area contributed by atoms with Crippen molar-refractivity contribution in [2.45, 2.75) is 12.6 Å². The third-order valence-corrected chi connectivity index (χ3v) is 4.46. The molecule has 0 unspecified atom stereocenters. The van der Waals surface area contributed by atoms with E-state index in [1.807, 2.05) is 42.1 Å². The number of carbonyl (C=O) groups is 1. The standard InChI is InChI=1S/C20H20N4O3/c1-23-11-10-22-19(23)13-24(20(25)15-6-8-21-9-7-15)12-16-14-26-17-4-2-3-5-18(17)27-16/h2-11,16H,12-14H2,1H3/t16-/m0/s1. The highest BCUT2D eigenvalue weighted by Gasteiger charge is 2.27. The van der Waals surface area contributed by atoms with Crippen LogP contribution < -0.4 is 9.47 Å². The van der Waals surface area contributed by atoms with E-state index in [4.69, 9.17) is 9.47 Å². The summed E-state index contributed by atoms with van der Waals surface area (Å²) in [6, 6.07) is 11.0. The first kappa shape index (κ1) is 17.1. The normalized spacial score (nSPS) is 15.4. The smallest absolute Gasteiger partial charge is 0.254 e. The minimum atomic E-state index is -0.258. The molecule has 1 aromatic carbocycles. The van der Waals surface area contributed by atoms with Crippen LogP contribution in [0.3, 0.4) is 0 Å². The van der Waals surface area contributed by atoms with Gasteiger partial charge in [0, 0.05) is 37.4 Å². The van der Waals surface area contributed by atoms with Crippen LogP contribution in [-0.4, -0.2) is 44.6 Å². The van der Waals surface area contributed by atoms with Crippen molar-refractivity contribution < 1.29 is 14.3 Å². The zero-order valence-electron chi connectivity index (χ0n) is 15.0. The van der Waals surface area contributed by atoms with Gasteiger partial charge in [-0.05, 0) is 24.3 Å². The lowest BCUT2D eigenvalue weighted by Gasteiger charge is -2.31. The average molecular weight is 364 g/mol. The quantitative estimate of drug-likeness (QED) is 0.695. The summed E-state index contributed by atoms with van der Waals surface area (Å²) in [5.41, 5.74) is 0.580. The van der Waals surface area contributed by atoms with Crippen LogP contribution in [-0.2, 0) is 13.6 Å². The van der Waals surface area contributed by atoms with Gasteiger partial charge in [-0.25, -0.2) is 4.98 Å². The summed E-state index contributed by atoms with van der Waals surface area (Å²) in [5, 5.41) is 0. The molecule has 27 heavy (non-hydrogen) atoms. The molecule has 0 N–H and O–H groups in total. The molecule has 7 heteroatoms. The Hall–Kier alpha value is -3.35. The van der Waals surface area contributed by atoms with Crippen molar-refractivity contribution >= 4 is 5.91 Å². The van der Waals surface area contributed by atoms with Crippen LogP contribution >= 0.6 is 0 Å². The van der Waals surface area contributed by atoms with Crippen LogP contribution in [0.4, 0.5) is 0 Å². The molecule has 3 aromatic rings. The maximum atomic E-state index is 13.1. The number of pyridine rings is 1. The van der Waals surface area contributed by atoms with Crippen molar-refractivity contribution in [2.24, 2.45) is 7.05 Å². The first-order valence-corrected chi connectivity index (χ1v) is 8.74. The number of carbonyl (C=O) groups excluding carboxylic acids is 1. The molecule has 1 aliphatic heterocycles. The maximum Gasteiger partial charge on any atom is 0.254 e. The Labute approximate surface area is 157 Å². The molecule has 4 rings (SSSR count). The molecule has 1 atom stereocenters. The van der Waals surface area contributed by atoms with Gasteiger partial charge in [-0.2, -0.15) is 0 Å². The van der Waals surface area contributed by atoms with Gasteiger partial charge in [0.2, 0.25) is 0 Å². The Morgan fingerprint density at radius 1 is 1.19 bits per heavy atom. The van der Waals surface area contributed by atoms with Crippen molar-refractivity contribution in [3.63, 3.8) is 0 Å². The van der Waals surface area contributed by atoms with Gasteiger partial charge in [-0.15, -0.1) is 0 Å². The predicted octanol–water partition coefficient (Wildman–Crippen LogP) is 2.30. The molecule has 3 heterocycles. The van der Waals surface area contributed by atoms with E-state index in [0.29, 0.717) is 31.0 Å². The fourth-order valence-corrected chi connectivity index (χ4v) is 3.01. The third kappa shape index (κ3) is 3.76. The van der Waals surface area contributed by atoms with Gasteiger partial charge in [-0.3, -0.25) is 9.78 Å². The monoisotopic (exact) mass is 364 g/mol. The topological polar surface area (TPSA) is 69.5 Å². The zero-order chi connectivity index (χ0) is 18.6. The minimum absolute atomic E-state index is 0.0946. The number of hydrogen-bond donors (Lipinski definition) is 0. The Morgan fingerprint density at radius 3 is 2.70 bits per heavy atom. The van der Waals surface area contributed by atoms with Crippen LogP contribution in [0.5, 0.6) is 11.5 Å². The molecule has 0 radical (unpaired) electrons. The van der Waals surface area contributed by atoms with E-state index in [9.17, 15) is 4.79 Å². The van der Waals surface area contributed by atoms with Crippen LogP contribution in [0.2, 0.25) is 0 Å². The van der Waals surface area contributed by atoms with E-state index in [1.54, 1.807) is 35.6 Å². The van der Waals surface area contributed by atoms with Crippen LogP contribution in [0.15, 0.2) is 61.2 Å². The molecule has 138 valence electrons. The number of fused-ring (bicyclic) bond motifs is 1. The number of hydrogen-bond acceptors (Lipinski definition) is 5. The average Bonchev–Trinajstić information content (AvgIpc) is 3.12. The highest BCUT2D eigenvalue weighted by atomic mass is 16.6. The molecule has 1 amide bonds. The van der Waals surface area contributed by atoms with Gasteiger partial charge in [0.1, 0.15) is 12.4 Å². The number of nitrogens with zero attached hydrogens (tertiary/aromatic N) is 4. The van der Waals surface area contributed by atoms with Crippen LogP contribution in [0.25, 0.3) is 0 Å². The molecule has 0 aliphatic carbocycles. The Balaban J connectivity index is 1.55. The first-order chi connectivity index (χ1) is 13.2. The molecule has 7 nitrogen and oxygen atoms in total. The fourth-order valence-electron chi connectivity index (χ4n) is 3.01. The number of para-hydroxylation sites is 2. The van der Waals surface area contributed by atoms with Gasteiger partial charge < -0.3 is 18.9 Å². The highest BCUT2D eigenvalue weighted by Crippen LogP contribution is 2.31. The first-order valence-electron chi connectivity index (χ1n) is 8.74. The summed E-state index contributed by atoms with van der Waals surface area (Å²) in [6.07, 6.45) is 6.55. The van der Waals surface area contributed by atoms with Gasteiger partial charge in [0.05, 0.1) is 13.1 Å².